The number of para-hydroxylation sites is 1. The predicted molar refractivity (Wildman–Crippen MR) is 283 cm³/mol. The molecule has 20 nitrogen and oxygen atoms in total. The van der Waals surface area contributed by atoms with Crippen LogP contribution in [0.4, 0.5) is 0 Å². The van der Waals surface area contributed by atoms with E-state index in [-0.39, 0.29) is 45.1 Å². The number of H-pyrrole nitrogens is 1. The maximum absolute atomic E-state index is 15.0. The summed E-state index contributed by atoms with van der Waals surface area (Å²) in [7, 11) is 0. The smallest absolute Gasteiger partial charge is 0.245 e. The molecule has 20 heteroatoms. The number of benzene rings is 4. The van der Waals surface area contributed by atoms with Crippen molar-refractivity contribution >= 4 is 63.0 Å². The molecule has 6 rings (SSSR count). The average Bonchev–Trinajstić information content (AvgIpc) is 3.81. The third kappa shape index (κ3) is 16.3. The number of aliphatic hydroxyl groups excluding tert-OH is 3. The third-order valence-electron chi connectivity index (χ3n) is 13.1. The Balaban J connectivity index is 1.44. The molecule has 4 aromatic carbocycles. The summed E-state index contributed by atoms with van der Waals surface area (Å²) >= 11 is 0. The average molecular weight is 1030 g/mol. The van der Waals surface area contributed by atoms with Crippen molar-refractivity contribution in [2.75, 3.05) is 13.2 Å². The standard InChI is InChI=1S/C55H70N10O10/c1-32(67)47(31-66)64-51(71)43-24-11-10-23-42(59-49(69)40(57)27-34-15-4-3-5-16-34)50(70)62-45(29-36-20-14-19-35-17-6-8-21-39(35)36)53(73)63-46(30-38-28-37-18-7-9-22-41(37)58-38)54(74)60-44(25-12-13-26-56)52(72)65-48(33(2)68)55(75)61-43/h3-11,14-22,28,32-33,40,42-48,58,66-68H,12-13,23-27,29-31,56-57H2,1-2H3,(H,59,69)(H,60,74)(H,61,75)(H,62,70)(H,63,73)(H,64,71)(H,65,72)/b11-10-/t32-,33-,40-,42+,43+,44+,45+,46-,47-,48+/m1/s1. The Labute approximate surface area is 435 Å². The van der Waals surface area contributed by atoms with Gasteiger partial charge in [-0.2, -0.15) is 0 Å². The van der Waals surface area contributed by atoms with Gasteiger partial charge < -0.3 is 69.0 Å². The van der Waals surface area contributed by atoms with E-state index in [0.29, 0.717) is 24.1 Å². The van der Waals surface area contributed by atoms with E-state index >= 15 is 4.79 Å². The zero-order valence-corrected chi connectivity index (χ0v) is 42.2. The first-order chi connectivity index (χ1) is 36.0. The van der Waals surface area contributed by atoms with Crippen LogP contribution in [0.15, 0.2) is 115 Å². The van der Waals surface area contributed by atoms with Crippen molar-refractivity contribution in [2.24, 2.45) is 11.5 Å². The molecule has 2 heterocycles. The second-order valence-electron chi connectivity index (χ2n) is 19.0. The number of rotatable bonds is 17. The summed E-state index contributed by atoms with van der Waals surface area (Å²) in [4.78, 5) is 104. The van der Waals surface area contributed by atoms with E-state index in [4.69, 9.17) is 11.5 Å². The summed E-state index contributed by atoms with van der Waals surface area (Å²) in [5.41, 5.74) is 15.0. The molecule has 5 aromatic rings. The lowest BCUT2D eigenvalue weighted by Gasteiger charge is -2.29. The summed E-state index contributed by atoms with van der Waals surface area (Å²) in [6, 6.07) is 20.4. The number of nitrogens with two attached hydrogens (primary N) is 2. The molecule has 0 bridgehead atoms. The van der Waals surface area contributed by atoms with Crippen LogP contribution in [0.5, 0.6) is 0 Å². The number of hydrogen-bond acceptors (Lipinski definition) is 12. The van der Waals surface area contributed by atoms with E-state index < -0.39 is 108 Å². The molecule has 7 amide bonds. The Morgan fingerprint density at radius 1 is 0.693 bits per heavy atom. The highest BCUT2D eigenvalue weighted by Crippen LogP contribution is 2.21. The van der Waals surface area contributed by atoms with Crippen molar-refractivity contribution in [1.29, 1.82) is 0 Å². The second kappa shape index (κ2) is 27.7. The minimum absolute atomic E-state index is 0.0234. The topological polar surface area (TPSA) is 332 Å². The van der Waals surface area contributed by atoms with Crippen LogP contribution in [0.3, 0.4) is 0 Å². The number of amides is 7. The number of fused-ring (bicyclic) bond motifs is 2. The Hall–Kier alpha value is -7.49. The summed E-state index contributed by atoms with van der Waals surface area (Å²) in [5.74, 6) is -5.76. The van der Waals surface area contributed by atoms with Crippen LogP contribution in [-0.4, -0.2) is 135 Å². The highest BCUT2D eigenvalue weighted by atomic mass is 16.3. The van der Waals surface area contributed by atoms with E-state index in [1.807, 2.05) is 78.9 Å². The van der Waals surface area contributed by atoms with Gasteiger partial charge >= 0.3 is 0 Å². The maximum Gasteiger partial charge on any atom is 0.245 e. The third-order valence-corrected chi connectivity index (χ3v) is 13.1. The zero-order valence-electron chi connectivity index (χ0n) is 42.2. The summed E-state index contributed by atoms with van der Waals surface area (Å²) < 4.78 is 0. The lowest BCUT2D eigenvalue weighted by molar-refractivity contribution is -0.137. The molecule has 1 aliphatic rings. The van der Waals surface area contributed by atoms with Gasteiger partial charge in [-0.05, 0) is 98.3 Å². The highest BCUT2D eigenvalue weighted by Gasteiger charge is 2.36. The lowest BCUT2D eigenvalue weighted by atomic mass is 9.97. The molecule has 400 valence electrons. The number of aliphatic hydroxyl groups is 3. The molecule has 0 aliphatic carbocycles. The van der Waals surface area contributed by atoms with Gasteiger partial charge in [0, 0.05) is 24.1 Å². The van der Waals surface area contributed by atoms with Gasteiger partial charge in [-0.1, -0.05) is 103 Å². The first-order valence-electron chi connectivity index (χ1n) is 25.3. The van der Waals surface area contributed by atoms with E-state index in [1.54, 1.807) is 24.3 Å². The first-order valence-corrected chi connectivity index (χ1v) is 25.3. The number of nitrogens with one attached hydrogen (secondary N) is 8. The van der Waals surface area contributed by atoms with Crippen molar-refractivity contribution < 1.29 is 48.9 Å². The summed E-state index contributed by atoms with van der Waals surface area (Å²) in [6.07, 6.45) is 0.453. The SMILES string of the molecule is C[C@@H](O)[C@@H]1NC(=O)[C@H](CCCCN)NC(=O)[C@@H](Cc2cc3ccccc3[nH]2)NC(=O)[C@H](Cc2cccc3ccccc23)NC(=O)[C@@H](NC(=O)[C@H](N)Cc2ccccc2)C/C=C\C[C@@H](C(=O)N[C@H](CO)[C@@H](C)O)NC1=O. The normalized spacial score (nSPS) is 22.5. The van der Waals surface area contributed by atoms with Crippen molar-refractivity contribution in [3.8, 4) is 0 Å². The van der Waals surface area contributed by atoms with Gasteiger partial charge in [0.1, 0.15) is 36.3 Å². The molecule has 1 aromatic heterocycles. The van der Waals surface area contributed by atoms with Crippen LogP contribution in [0.1, 0.15) is 62.8 Å². The highest BCUT2D eigenvalue weighted by molar-refractivity contribution is 5.98. The van der Waals surface area contributed by atoms with Gasteiger partial charge in [-0.25, -0.2) is 0 Å². The minimum Gasteiger partial charge on any atom is -0.394 e. The molecule has 0 saturated carbocycles. The van der Waals surface area contributed by atoms with Crippen molar-refractivity contribution in [1.82, 2.24) is 42.2 Å². The largest absolute Gasteiger partial charge is 0.394 e. The number of carbonyl (C=O) groups excluding carboxylic acids is 7. The van der Waals surface area contributed by atoms with Crippen molar-refractivity contribution in [2.45, 2.75) is 126 Å². The molecule has 15 N–H and O–H groups in total. The van der Waals surface area contributed by atoms with E-state index in [1.165, 1.54) is 26.0 Å². The van der Waals surface area contributed by atoms with Crippen molar-refractivity contribution in [3.63, 3.8) is 0 Å². The van der Waals surface area contributed by atoms with Gasteiger partial charge in [0.05, 0.1) is 30.9 Å². The van der Waals surface area contributed by atoms with Gasteiger partial charge in [0.2, 0.25) is 41.4 Å². The van der Waals surface area contributed by atoms with Gasteiger partial charge in [-0.3, -0.25) is 33.6 Å². The molecule has 1 aliphatic heterocycles. The van der Waals surface area contributed by atoms with Crippen molar-refractivity contribution in [3.05, 3.63) is 132 Å². The maximum atomic E-state index is 15.0. The Kier molecular flexibility index (Phi) is 21.0. The molecule has 0 radical (unpaired) electrons. The Morgan fingerprint density at radius 2 is 1.32 bits per heavy atom. The lowest BCUT2D eigenvalue weighted by Crippen LogP contribution is -2.62. The van der Waals surface area contributed by atoms with E-state index in [2.05, 4.69) is 42.2 Å². The molecular weight excluding hydrogens is 961 g/mol. The molecule has 0 unspecified atom stereocenters. The Morgan fingerprint density at radius 3 is 2.01 bits per heavy atom. The fourth-order valence-corrected chi connectivity index (χ4v) is 8.84. The van der Waals surface area contributed by atoms with Gasteiger partial charge in [-0.15, -0.1) is 0 Å². The summed E-state index contributed by atoms with van der Waals surface area (Å²) in [6.45, 7) is 2.20. The van der Waals surface area contributed by atoms with Crippen LogP contribution >= 0.6 is 0 Å². The predicted octanol–water partition coefficient (Wildman–Crippen LogP) is 0.303. The fraction of sp³-hybridized carbons (Fsp3) is 0.400. The van der Waals surface area contributed by atoms with Crippen LogP contribution < -0.4 is 48.7 Å². The number of unbranched alkanes of at least 4 members (excludes halogenated alkanes) is 1. The molecule has 75 heavy (non-hydrogen) atoms. The Bertz CT molecular complexity index is 2750. The monoisotopic (exact) mass is 1030 g/mol. The second-order valence-corrected chi connectivity index (χ2v) is 19.0. The van der Waals surface area contributed by atoms with Crippen LogP contribution in [0, 0.1) is 0 Å². The first kappa shape index (κ1) is 56.8. The number of aromatic amines is 1. The zero-order chi connectivity index (χ0) is 54.0. The number of hydrogen-bond donors (Lipinski definition) is 13. The van der Waals surface area contributed by atoms with Crippen LogP contribution in [0.2, 0.25) is 0 Å². The molecule has 10 atom stereocenters. The quantitative estimate of drug-likeness (QED) is 0.0442. The molecule has 0 spiro atoms. The fourth-order valence-electron chi connectivity index (χ4n) is 8.84. The van der Waals surface area contributed by atoms with Gasteiger partial charge in [0.15, 0.2) is 0 Å². The minimum atomic E-state index is -1.68. The summed E-state index contributed by atoms with van der Waals surface area (Å²) in [5, 5.41) is 52.5. The van der Waals surface area contributed by atoms with E-state index in [9.17, 15) is 44.1 Å². The molecular formula is C55H70N10O10. The van der Waals surface area contributed by atoms with Crippen LogP contribution in [-0.2, 0) is 52.8 Å². The van der Waals surface area contributed by atoms with Crippen LogP contribution in [0.25, 0.3) is 21.7 Å². The number of aromatic nitrogens is 1. The molecule has 0 fully saturated rings. The number of carbonyl (C=O) groups is 7. The molecule has 0 saturated heterocycles. The van der Waals surface area contributed by atoms with E-state index in [0.717, 1.165) is 27.2 Å². The van der Waals surface area contributed by atoms with Gasteiger partial charge in [0.25, 0.3) is 0 Å².